The van der Waals surface area contributed by atoms with Gasteiger partial charge in [0.2, 0.25) is 0 Å². The lowest BCUT2D eigenvalue weighted by Crippen LogP contribution is -2.44. The Morgan fingerprint density at radius 3 is 2.48 bits per heavy atom. The number of hydrogen-bond donors (Lipinski definition) is 2. The molecular formula is C20H21Cl3N4O4. The number of carbonyl (C=O) groups excluding carboxylic acids is 3. The number of hydrogen-bond acceptors (Lipinski definition) is 5. The largest absolute Gasteiger partial charge is 0.449 e. The molecule has 0 bridgehead atoms. The lowest BCUT2D eigenvalue weighted by atomic mass is 10.2. The molecule has 1 aromatic heterocycles. The van der Waals surface area contributed by atoms with Crippen molar-refractivity contribution in [2.75, 3.05) is 6.54 Å². The molecular weight excluding hydrogens is 467 g/mol. The first-order valence-electron chi connectivity index (χ1n) is 9.27. The van der Waals surface area contributed by atoms with Crippen LogP contribution in [0.3, 0.4) is 0 Å². The van der Waals surface area contributed by atoms with Gasteiger partial charge in [-0.3, -0.25) is 10.1 Å². The predicted octanol–water partition coefficient (Wildman–Crippen LogP) is 3.99. The first-order chi connectivity index (χ1) is 14.6. The highest BCUT2D eigenvalue weighted by molar-refractivity contribution is 6.36. The van der Waals surface area contributed by atoms with Gasteiger partial charge in [-0.15, -0.1) is 0 Å². The molecule has 1 heterocycles. The zero-order valence-corrected chi connectivity index (χ0v) is 19.3. The maximum atomic E-state index is 12.1. The normalized spacial score (nSPS) is 11.9. The first-order valence-corrected chi connectivity index (χ1v) is 10.4. The van der Waals surface area contributed by atoms with E-state index in [2.05, 4.69) is 15.7 Å². The molecule has 11 heteroatoms. The third-order valence-electron chi connectivity index (χ3n) is 4.10. The van der Waals surface area contributed by atoms with Gasteiger partial charge in [0.1, 0.15) is 5.15 Å². The number of esters is 1. The molecule has 0 aliphatic carbocycles. The van der Waals surface area contributed by atoms with Crippen LogP contribution in [0.1, 0.15) is 30.7 Å². The smallest absolute Gasteiger partial charge is 0.331 e. The maximum Gasteiger partial charge on any atom is 0.331 e. The number of aromatic nitrogens is 2. The van der Waals surface area contributed by atoms with Crippen LogP contribution in [0.5, 0.6) is 0 Å². The summed E-state index contributed by atoms with van der Waals surface area (Å²) >= 11 is 18.8. The van der Waals surface area contributed by atoms with Crippen molar-refractivity contribution in [3.8, 4) is 0 Å². The van der Waals surface area contributed by atoms with Crippen LogP contribution >= 0.6 is 34.8 Å². The van der Waals surface area contributed by atoms with Crippen molar-refractivity contribution >= 4 is 58.8 Å². The number of aryl methyl sites for hydroxylation is 1. The Morgan fingerprint density at radius 2 is 1.87 bits per heavy atom. The van der Waals surface area contributed by atoms with Crippen molar-refractivity contribution in [2.45, 2.75) is 33.4 Å². The zero-order chi connectivity index (χ0) is 23.1. The van der Waals surface area contributed by atoms with E-state index in [0.29, 0.717) is 33.4 Å². The lowest BCUT2D eigenvalue weighted by molar-refractivity contribution is -0.149. The fourth-order valence-electron chi connectivity index (χ4n) is 2.53. The summed E-state index contributed by atoms with van der Waals surface area (Å²) in [6.07, 6.45) is 1.39. The van der Waals surface area contributed by atoms with Crippen LogP contribution in [-0.4, -0.2) is 40.3 Å². The Balaban J connectivity index is 2.06. The molecule has 3 amide bonds. The highest BCUT2D eigenvalue weighted by atomic mass is 35.5. The highest BCUT2D eigenvalue weighted by Gasteiger charge is 2.19. The minimum atomic E-state index is -1.17. The Hall–Kier alpha value is -2.55. The van der Waals surface area contributed by atoms with Gasteiger partial charge in [-0.25, -0.2) is 14.3 Å². The number of nitrogens with one attached hydrogen (secondary N) is 2. The molecule has 0 spiro atoms. The van der Waals surface area contributed by atoms with Gasteiger partial charge in [0.15, 0.2) is 6.10 Å². The minimum Gasteiger partial charge on any atom is -0.449 e. The van der Waals surface area contributed by atoms with Crippen molar-refractivity contribution in [3.63, 3.8) is 0 Å². The summed E-state index contributed by atoms with van der Waals surface area (Å²) in [5.74, 6) is -1.53. The molecule has 0 aliphatic heterocycles. The average molecular weight is 488 g/mol. The molecule has 2 rings (SSSR count). The number of halogens is 3. The molecule has 1 unspecified atom stereocenters. The van der Waals surface area contributed by atoms with Crippen molar-refractivity contribution in [1.29, 1.82) is 0 Å². The molecule has 2 aromatic rings. The second-order valence-corrected chi connectivity index (χ2v) is 7.58. The topological polar surface area (TPSA) is 102 Å². The van der Waals surface area contributed by atoms with Gasteiger partial charge >= 0.3 is 12.0 Å². The summed E-state index contributed by atoms with van der Waals surface area (Å²) < 4.78 is 6.51. The van der Waals surface area contributed by atoms with E-state index in [4.69, 9.17) is 39.5 Å². The standard InChI is InChI=1S/C20H21Cl3N4O4/c1-4-24-20(30)25-19(29)12(3)31-17(28)9-8-13-11(2)26-27(18(13)23)10-14-15(21)6-5-7-16(14)22/h5-9,12H,4,10H2,1-3H3,(H2,24,25,29,30). The molecule has 0 aliphatic rings. The quantitative estimate of drug-likeness (QED) is 0.454. The van der Waals surface area contributed by atoms with E-state index in [1.807, 2.05) is 0 Å². The summed E-state index contributed by atoms with van der Waals surface area (Å²) in [6.45, 7) is 5.38. The molecule has 0 saturated carbocycles. The predicted molar refractivity (Wildman–Crippen MR) is 119 cm³/mol. The van der Waals surface area contributed by atoms with Crippen molar-refractivity contribution in [3.05, 3.63) is 56.3 Å². The zero-order valence-electron chi connectivity index (χ0n) is 17.0. The Bertz CT molecular complexity index is 1000. The van der Waals surface area contributed by atoms with E-state index >= 15 is 0 Å². The first kappa shape index (κ1) is 24.7. The van der Waals surface area contributed by atoms with Gasteiger partial charge in [0.05, 0.1) is 12.2 Å². The molecule has 0 saturated heterocycles. The Kier molecular flexibility index (Phi) is 8.91. The van der Waals surface area contributed by atoms with Gasteiger partial charge in [-0.2, -0.15) is 5.10 Å². The summed E-state index contributed by atoms with van der Waals surface area (Å²) in [5.41, 5.74) is 1.73. The van der Waals surface area contributed by atoms with Crippen molar-refractivity contribution in [2.24, 2.45) is 0 Å². The molecule has 2 N–H and O–H groups in total. The molecule has 1 atom stereocenters. The van der Waals surface area contributed by atoms with Gasteiger partial charge in [0, 0.05) is 33.8 Å². The molecule has 31 heavy (non-hydrogen) atoms. The number of urea groups is 1. The fourth-order valence-corrected chi connectivity index (χ4v) is 3.35. The van der Waals surface area contributed by atoms with Crippen LogP contribution in [0.25, 0.3) is 6.08 Å². The van der Waals surface area contributed by atoms with Crippen LogP contribution in [-0.2, 0) is 20.9 Å². The van der Waals surface area contributed by atoms with E-state index in [-0.39, 0.29) is 11.7 Å². The summed E-state index contributed by atoms with van der Waals surface area (Å²) in [7, 11) is 0. The summed E-state index contributed by atoms with van der Waals surface area (Å²) in [4.78, 5) is 35.3. The summed E-state index contributed by atoms with van der Waals surface area (Å²) in [5, 5.41) is 10.1. The second kappa shape index (κ2) is 11.2. The Labute approximate surface area is 194 Å². The minimum absolute atomic E-state index is 0.244. The number of benzene rings is 1. The SMILES string of the molecule is CCNC(=O)NC(=O)C(C)OC(=O)C=Cc1c(C)nn(Cc2c(Cl)cccc2Cl)c1Cl. The third-order valence-corrected chi connectivity index (χ3v) is 5.21. The van der Waals surface area contributed by atoms with E-state index in [9.17, 15) is 14.4 Å². The maximum absolute atomic E-state index is 12.1. The van der Waals surface area contributed by atoms with E-state index in [0.717, 1.165) is 6.08 Å². The molecule has 0 fully saturated rings. The monoisotopic (exact) mass is 486 g/mol. The van der Waals surface area contributed by atoms with Gasteiger partial charge in [-0.05, 0) is 39.0 Å². The van der Waals surface area contributed by atoms with Crippen LogP contribution in [0.15, 0.2) is 24.3 Å². The highest BCUT2D eigenvalue weighted by Crippen LogP contribution is 2.28. The average Bonchev–Trinajstić information content (AvgIpc) is 2.96. The van der Waals surface area contributed by atoms with Crippen LogP contribution in [0, 0.1) is 6.92 Å². The number of carbonyl (C=O) groups is 3. The van der Waals surface area contributed by atoms with Crippen LogP contribution in [0.2, 0.25) is 15.2 Å². The van der Waals surface area contributed by atoms with Crippen LogP contribution < -0.4 is 10.6 Å². The van der Waals surface area contributed by atoms with Crippen molar-refractivity contribution in [1.82, 2.24) is 20.4 Å². The lowest BCUT2D eigenvalue weighted by Gasteiger charge is -2.11. The van der Waals surface area contributed by atoms with E-state index in [1.165, 1.54) is 17.7 Å². The molecule has 1 aromatic carbocycles. The van der Waals surface area contributed by atoms with E-state index in [1.54, 1.807) is 32.0 Å². The number of ether oxygens (including phenoxy) is 1. The number of nitrogens with zero attached hydrogens (tertiary/aromatic N) is 2. The molecule has 166 valence electrons. The number of rotatable bonds is 7. The summed E-state index contributed by atoms with van der Waals surface area (Å²) in [6, 6.07) is 4.50. The van der Waals surface area contributed by atoms with Gasteiger partial charge in [-0.1, -0.05) is 40.9 Å². The molecule has 0 radical (unpaired) electrons. The second-order valence-electron chi connectivity index (χ2n) is 6.41. The van der Waals surface area contributed by atoms with E-state index < -0.39 is 24.0 Å². The molecule has 8 nitrogen and oxygen atoms in total. The van der Waals surface area contributed by atoms with Gasteiger partial charge < -0.3 is 10.1 Å². The number of imide groups is 1. The fraction of sp³-hybridized carbons (Fsp3) is 0.300. The number of amides is 3. The van der Waals surface area contributed by atoms with Crippen molar-refractivity contribution < 1.29 is 19.1 Å². The van der Waals surface area contributed by atoms with Crippen LogP contribution in [0.4, 0.5) is 4.79 Å². The Morgan fingerprint density at radius 1 is 1.23 bits per heavy atom. The third kappa shape index (κ3) is 6.72. The van der Waals surface area contributed by atoms with Gasteiger partial charge in [0.25, 0.3) is 5.91 Å².